The van der Waals surface area contributed by atoms with Crippen LogP contribution in [0.15, 0.2) is 24.3 Å². The maximum absolute atomic E-state index is 13.5. The molecule has 1 aliphatic carbocycles. The lowest BCUT2D eigenvalue weighted by Crippen LogP contribution is -2.10. The second-order valence-corrected chi connectivity index (χ2v) is 7.89. The number of phenols is 1. The van der Waals surface area contributed by atoms with Crippen LogP contribution in [-0.4, -0.2) is 22.0 Å². The number of carboxylic acids is 1. The van der Waals surface area contributed by atoms with Gasteiger partial charge in [-0.2, -0.15) is 0 Å². The van der Waals surface area contributed by atoms with Gasteiger partial charge < -0.3 is 10.2 Å². The number of aromatic hydroxyl groups is 1. The maximum Gasteiger partial charge on any atom is 0.303 e. The molecule has 4 nitrogen and oxygen atoms in total. The second-order valence-electron chi connectivity index (χ2n) is 7.89. The fourth-order valence-corrected chi connectivity index (χ4v) is 4.53. The molecule has 1 unspecified atom stereocenters. The summed E-state index contributed by atoms with van der Waals surface area (Å²) in [5.41, 5.74) is 4.85. The second kappa shape index (κ2) is 8.76. The Morgan fingerprint density at radius 1 is 1.07 bits per heavy atom. The Bertz CT molecular complexity index is 931. The molecule has 1 aliphatic rings. The van der Waals surface area contributed by atoms with Gasteiger partial charge in [0.15, 0.2) is 5.78 Å². The topological polar surface area (TPSA) is 74.6 Å². The summed E-state index contributed by atoms with van der Waals surface area (Å²) < 4.78 is 13.5. The van der Waals surface area contributed by atoms with Gasteiger partial charge in [0, 0.05) is 29.9 Å². The summed E-state index contributed by atoms with van der Waals surface area (Å²) in [5, 5.41) is 19.8. The third-order valence-corrected chi connectivity index (χ3v) is 6.03. The number of fused-ring (bicyclic) bond motifs is 1. The van der Waals surface area contributed by atoms with Gasteiger partial charge in [-0.1, -0.05) is 25.0 Å². The Labute approximate surface area is 170 Å². The van der Waals surface area contributed by atoms with Crippen LogP contribution in [0, 0.1) is 19.7 Å². The highest BCUT2D eigenvalue weighted by atomic mass is 19.1. The number of Topliss-reactive ketones (excluding diaryl/α,β-unsaturated/α-hetero) is 1. The highest BCUT2D eigenvalue weighted by molar-refractivity contribution is 6.03. The van der Waals surface area contributed by atoms with Gasteiger partial charge in [0.05, 0.1) is 0 Å². The number of rotatable bonds is 8. The van der Waals surface area contributed by atoms with Crippen molar-refractivity contribution in [3.05, 3.63) is 63.5 Å². The summed E-state index contributed by atoms with van der Waals surface area (Å²) in [6.45, 7) is 3.74. The Hall–Kier alpha value is -2.69. The normalized spacial score (nSPS) is 14.1. The fourth-order valence-electron chi connectivity index (χ4n) is 4.53. The quantitative estimate of drug-likeness (QED) is 0.580. The average Bonchev–Trinajstić information content (AvgIpc) is 3.07. The van der Waals surface area contributed by atoms with Crippen LogP contribution in [0.4, 0.5) is 4.39 Å². The number of hydrogen-bond donors (Lipinski definition) is 2. The van der Waals surface area contributed by atoms with Crippen LogP contribution in [0.1, 0.15) is 82.6 Å². The van der Waals surface area contributed by atoms with E-state index in [-0.39, 0.29) is 29.7 Å². The zero-order valence-electron chi connectivity index (χ0n) is 16.9. The summed E-state index contributed by atoms with van der Waals surface area (Å²) >= 11 is 0. The van der Waals surface area contributed by atoms with Gasteiger partial charge in [-0.15, -0.1) is 0 Å². The van der Waals surface area contributed by atoms with Gasteiger partial charge in [-0.3, -0.25) is 9.59 Å². The molecule has 0 saturated heterocycles. The minimum atomic E-state index is -0.804. The van der Waals surface area contributed by atoms with E-state index in [0.29, 0.717) is 25.7 Å². The van der Waals surface area contributed by atoms with Crippen LogP contribution in [-0.2, 0) is 11.2 Å². The molecule has 154 valence electrons. The smallest absolute Gasteiger partial charge is 0.303 e. The molecule has 1 atom stereocenters. The van der Waals surface area contributed by atoms with E-state index in [2.05, 4.69) is 0 Å². The summed E-state index contributed by atoms with van der Waals surface area (Å²) in [5.74, 6) is -0.980. The molecule has 5 heteroatoms. The van der Waals surface area contributed by atoms with Crippen LogP contribution < -0.4 is 0 Å². The highest BCUT2D eigenvalue weighted by Gasteiger charge is 2.31. The summed E-state index contributed by atoms with van der Waals surface area (Å²) in [6.07, 6.45) is 4.08. The SMILES string of the molecule is Cc1c(O)c(C(CCCCCC(=O)O)c2ccc(F)cc2)c(C)c2c1CCC2=O. The van der Waals surface area contributed by atoms with E-state index >= 15 is 0 Å². The third-order valence-electron chi connectivity index (χ3n) is 6.03. The first-order valence-corrected chi connectivity index (χ1v) is 10.2. The number of carboxylic acid groups (broad SMARTS) is 1. The minimum absolute atomic E-state index is 0.112. The van der Waals surface area contributed by atoms with Gasteiger partial charge >= 0.3 is 5.97 Å². The molecular weight excluding hydrogens is 371 g/mol. The molecule has 0 spiro atoms. The predicted octanol–water partition coefficient (Wildman–Crippen LogP) is 5.44. The van der Waals surface area contributed by atoms with E-state index in [0.717, 1.165) is 46.2 Å². The number of unbranched alkanes of at least 4 members (excludes halogenated alkanes) is 2. The van der Waals surface area contributed by atoms with Crippen LogP contribution in [0.25, 0.3) is 0 Å². The van der Waals surface area contributed by atoms with Gasteiger partial charge in [0.25, 0.3) is 0 Å². The highest BCUT2D eigenvalue weighted by Crippen LogP contribution is 2.44. The van der Waals surface area contributed by atoms with Gasteiger partial charge in [0.1, 0.15) is 11.6 Å². The van der Waals surface area contributed by atoms with Crippen molar-refractivity contribution in [2.75, 3.05) is 0 Å². The lowest BCUT2D eigenvalue weighted by molar-refractivity contribution is -0.137. The van der Waals surface area contributed by atoms with E-state index < -0.39 is 5.97 Å². The minimum Gasteiger partial charge on any atom is -0.507 e. The zero-order chi connectivity index (χ0) is 21.1. The number of halogens is 1. The standard InChI is InChI=1S/C24H27FO4/c1-14-18-12-13-20(26)22(18)15(2)23(24(14)29)19(6-4-3-5-7-21(27)28)16-8-10-17(25)11-9-16/h8-11,19,29H,3-7,12-13H2,1-2H3,(H,27,28). The first kappa shape index (κ1) is 21.0. The van der Waals surface area contributed by atoms with Crippen molar-refractivity contribution in [2.45, 2.75) is 64.7 Å². The largest absolute Gasteiger partial charge is 0.507 e. The molecule has 0 fully saturated rings. The van der Waals surface area contributed by atoms with Crippen molar-refractivity contribution >= 4 is 11.8 Å². The lowest BCUT2D eigenvalue weighted by atomic mass is 9.80. The Kier molecular flexibility index (Phi) is 6.36. The molecule has 2 aromatic carbocycles. The van der Waals surface area contributed by atoms with Crippen LogP contribution in [0.3, 0.4) is 0 Å². The number of benzene rings is 2. The van der Waals surface area contributed by atoms with Crippen molar-refractivity contribution in [1.82, 2.24) is 0 Å². The van der Waals surface area contributed by atoms with Crippen LogP contribution in [0.2, 0.25) is 0 Å². The van der Waals surface area contributed by atoms with Gasteiger partial charge in [-0.05, 0) is 67.5 Å². The molecule has 0 radical (unpaired) electrons. The van der Waals surface area contributed by atoms with E-state index in [1.165, 1.54) is 12.1 Å². The maximum atomic E-state index is 13.5. The number of carbonyl (C=O) groups is 2. The lowest BCUT2D eigenvalue weighted by Gasteiger charge is -2.24. The van der Waals surface area contributed by atoms with Crippen molar-refractivity contribution < 1.29 is 24.2 Å². The summed E-state index contributed by atoms with van der Waals surface area (Å²) in [4.78, 5) is 23.2. The number of hydrogen-bond acceptors (Lipinski definition) is 3. The van der Waals surface area contributed by atoms with E-state index in [4.69, 9.17) is 5.11 Å². The van der Waals surface area contributed by atoms with Crippen LogP contribution in [0.5, 0.6) is 5.75 Å². The first-order chi connectivity index (χ1) is 13.8. The molecule has 2 N–H and O–H groups in total. The van der Waals surface area contributed by atoms with Crippen molar-refractivity contribution in [2.24, 2.45) is 0 Å². The van der Waals surface area contributed by atoms with E-state index in [1.54, 1.807) is 12.1 Å². The summed E-state index contributed by atoms with van der Waals surface area (Å²) in [7, 11) is 0. The Balaban J connectivity index is 1.99. The third kappa shape index (κ3) is 4.34. The van der Waals surface area contributed by atoms with Crippen molar-refractivity contribution in [1.29, 1.82) is 0 Å². The number of ketones is 1. The van der Waals surface area contributed by atoms with Crippen LogP contribution >= 0.6 is 0 Å². The Morgan fingerprint density at radius 3 is 2.41 bits per heavy atom. The Morgan fingerprint density at radius 2 is 1.76 bits per heavy atom. The van der Waals surface area contributed by atoms with Crippen molar-refractivity contribution in [3.8, 4) is 5.75 Å². The van der Waals surface area contributed by atoms with E-state index in [1.807, 2.05) is 13.8 Å². The molecule has 2 aromatic rings. The average molecular weight is 398 g/mol. The molecule has 0 saturated carbocycles. The zero-order valence-corrected chi connectivity index (χ0v) is 16.9. The van der Waals surface area contributed by atoms with E-state index in [9.17, 15) is 19.1 Å². The van der Waals surface area contributed by atoms with Crippen molar-refractivity contribution in [3.63, 3.8) is 0 Å². The van der Waals surface area contributed by atoms with Gasteiger partial charge in [-0.25, -0.2) is 4.39 Å². The molecule has 0 aromatic heterocycles. The predicted molar refractivity (Wildman–Crippen MR) is 109 cm³/mol. The van der Waals surface area contributed by atoms with Gasteiger partial charge in [0.2, 0.25) is 0 Å². The molecule has 0 aliphatic heterocycles. The molecule has 0 amide bonds. The monoisotopic (exact) mass is 398 g/mol. The number of phenolic OH excluding ortho intramolecular Hbond substituents is 1. The summed E-state index contributed by atoms with van der Waals surface area (Å²) in [6, 6.07) is 6.26. The molecule has 3 rings (SSSR count). The fraction of sp³-hybridized carbons (Fsp3) is 0.417. The molecule has 29 heavy (non-hydrogen) atoms. The number of aliphatic carboxylic acids is 1. The first-order valence-electron chi connectivity index (χ1n) is 10.2. The molecule has 0 heterocycles. The molecule has 0 bridgehead atoms. The molecular formula is C24H27FO4. The number of carbonyl (C=O) groups excluding carboxylic acids is 1.